The normalized spacial score (nSPS) is 12.1. The lowest BCUT2D eigenvalue weighted by molar-refractivity contribution is 0.669. The number of para-hydroxylation sites is 5. The number of nitrogens with zero attached hydrogens (tertiary/aromatic N) is 3. The van der Waals surface area contributed by atoms with Crippen LogP contribution in [-0.4, -0.2) is 13.7 Å². The molecule has 64 heavy (non-hydrogen) atoms. The molecule has 0 fully saturated rings. The minimum atomic E-state index is 0.907. The van der Waals surface area contributed by atoms with Crippen LogP contribution in [0.15, 0.2) is 229 Å². The number of hydrogen-bond donors (Lipinski definition) is 0. The van der Waals surface area contributed by atoms with Gasteiger partial charge in [-0.05, 0) is 119 Å². The molecule has 298 valence electrons. The summed E-state index contributed by atoms with van der Waals surface area (Å²) >= 11 is 0. The fraction of sp³-hybridized carbons (Fsp3) is 0. The second kappa shape index (κ2) is 13.4. The molecule has 0 aliphatic carbocycles. The van der Waals surface area contributed by atoms with E-state index in [9.17, 15) is 0 Å². The Morgan fingerprint density at radius 2 is 0.625 bits per heavy atom. The van der Waals surface area contributed by atoms with Crippen molar-refractivity contribution < 1.29 is 4.42 Å². The Hall–Kier alpha value is -8.60. The van der Waals surface area contributed by atoms with E-state index in [1.807, 2.05) is 12.1 Å². The van der Waals surface area contributed by atoms with E-state index in [-0.39, 0.29) is 0 Å². The molecular formula is C60H37N3O. The molecule has 0 atom stereocenters. The summed E-state index contributed by atoms with van der Waals surface area (Å²) in [4.78, 5) is 0. The molecule has 0 saturated heterocycles. The van der Waals surface area contributed by atoms with Crippen molar-refractivity contribution >= 4 is 87.4 Å². The number of benzene rings is 10. The highest BCUT2D eigenvalue weighted by Crippen LogP contribution is 2.41. The molecule has 14 aromatic rings. The molecule has 0 unspecified atom stereocenters. The summed E-state index contributed by atoms with van der Waals surface area (Å²) in [5.41, 5.74) is 17.1. The van der Waals surface area contributed by atoms with Crippen LogP contribution < -0.4 is 0 Å². The first-order valence-electron chi connectivity index (χ1n) is 21.9. The molecule has 0 bridgehead atoms. The highest BCUT2D eigenvalue weighted by molar-refractivity contribution is 6.15. The van der Waals surface area contributed by atoms with Gasteiger partial charge in [0.15, 0.2) is 0 Å². The van der Waals surface area contributed by atoms with Crippen LogP contribution in [0.2, 0.25) is 0 Å². The van der Waals surface area contributed by atoms with Crippen molar-refractivity contribution in [2.45, 2.75) is 0 Å². The first-order valence-corrected chi connectivity index (χ1v) is 21.9. The molecule has 4 heterocycles. The number of hydrogen-bond acceptors (Lipinski definition) is 1. The van der Waals surface area contributed by atoms with Gasteiger partial charge in [0.25, 0.3) is 0 Å². The van der Waals surface area contributed by atoms with E-state index in [2.05, 4.69) is 226 Å². The van der Waals surface area contributed by atoms with Crippen LogP contribution in [0.1, 0.15) is 0 Å². The van der Waals surface area contributed by atoms with Gasteiger partial charge in [-0.15, -0.1) is 0 Å². The van der Waals surface area contributed by atoms with Gasteiger partial charge in [0.05, 0.1) is 33.1 Å². The molecule has 10 aromatic carbocycles. The van der Waals surface area contributed by atoms with Crippen molar-refractivity contribution in [1.82, 2.24) is 13.7 Å². The zero-order chi connectivity index (χ0) is 41.9. The van der Waals surface area contributed by atoms with Gasteiger partial charge < -0.3 is 18.1 Å². The molecule has 4 aromatic heterocycles. The van der Waals surface area contributed by atoms with Gasteiger partial charge in [-0.2, -0.15) is 0 Å². The monoisotopic (exact) mass is 815 g/mol. The SMILES string of the molecule is c1ccc(-n2c3ccc(-c4ccc5c(c4)c4ccccc4n5-c4ccc5c6ccccc6n(-c6ccccc6)c5c4)cc3c3ccc(-c4ccc5oc6ccccc6c5c4)cc32)cc1. The first-order chi connectivity index (χ1) is 31.7. The average molecular weight is 816 g/mol. The Morgan fingerprint density at radius 1 is 0.219 bits per heavy atom. The van der Waals surface area contributed by atoms with Gasteiger partial charge in [-0.1, -0.05) is 127 Å². The largest absolute Gasteiger partial charge is 0.456 e. The first kappa shape index (κ1) is 35.0. The molecule has 0 amide bonds. The summed E-state index contributed by atoms with van der Waals surface area (Å²) in [5, 5.41) is 9.69. The predicted octanol–water partition coefficient (Wildman–Crippen LogP) is 16.2. The standard InChI is InChI=1S/C60H37N3O/c1-3-13-42(14-4-1)61-53-20-10-7-17-45(53)47-29-27-44(37-58(47)61)63-54-21-11-8-18-46(54)50-33-38(25-31-56(50)63)39-24-30-55-51(34-39)48-28-23-41(36-57(48)62(55)43-15-5-2-6-16-43)40-26-32-60-52(35-40)49-19-9-12-22-59(49)64-60/h1-37H. The summed E-state index contributed by atoms with van der Waals surface area (Å²) < 4.78 is 13.4. The van der Waals surface area contributed by atoms with Crippen molar-refractivity contribution in [3.63, 3.8) is 0 Å². The van der Waals surface area contributed by atoms with Crippen molar-refractivity contribution in [2.75, 3.05) is 0 Å². The van der Waals surface area contributed by atoms with Gasteiger partial charge in [-0.3, -0.25) is 0 Å². The van der Waals surface area contributed by atoms with Crippen LogP contribution in [0.5, 0.6) is 0 Å². The lowest BCUT2D eigenvalue weighted by Crippen LogP contribution is -1.96. The minimum Gasteiger partial charge on any atom is -0.456 e. The molecule has 0 N–H and O–H groups in total. The van der Waals surface area contributed by atoms with Crippen molar-refractivity contribution in [2.24, 2.45) is 0 Å². The van der Waals surface area contributed by atoms with Gasteiger partial charge >= 0.3 is 0 Å². The van der Waals surface area contributed by atoms with Gasteiger partial charge in [0.2, 0.25) is 0 Å². The molecular weight excluding hydrogens is 779 g/mol. The second-order valence-corrected chi connectivity index (χ2v) is 16.9. The third-order valence-electron chi connectivity index (χ3n) is 13.4. The van der Waals surface area contributed by atoms with Crippen molar-refractivity contribution in [3.8, 4) is 39.3 Å². The maximum atomic E-state index is 6.18. The molecule has 0 spiro atoms. The van der Waals surface area contributed by atoms with Crippen molar-refractivity contribution in [1.29, 1.82) is 0 Å². The molecule has 0 saturated carbocycles. The van der Waals surface area contributed by atoms with E-state index in [0.29, 0.717) is 0 Å². The van der Waals surface area contributed by atoms with E-state index in [4.69, 9.17) is 4.42 Å². The zero-order valence-corrected chi connectivity index (χ0v) is 34.6. The Kier molecular flexibility index (Phi) is 7.36. The fourth-order valence-electron chi connectivity index (χ4n) is 10.5. The Morgan fingerprint density at radius 3 is 1.28 bits per heavy atom. The smallest absolute Gasteiger partial charge is 0.135 e. The van der Waals surface area contributed by atoms with Crippen LogP contribution in [0.25, 0.3) is 127 Å². The third kappa shape index (κ3) is 5.11. The maximum absolute atomic E-state index is 6.18. The summed E-state index contributed by atoms with van der Waals surface area (Å²) in [7, 11) is 0. The number of fused-ring (bicyclic) bond motifs is 12. The minimum absolute atomic E-state index is 0.907. The van der Waals surface area contributed by atoms with E-state index in [1.54, 1.807) is 0 Å². The topological polar surface area (TPSA) is 27.9 Å². The van der Waals surface area contributed by atoms with E-state index in [0.717, 1.165) is 44.6 Å². The highest BCUT2D eigenvalue weighted by atomic mass is 16.3. The van der Waals surface area contributed by atoms with Crippen LogP contribution in [0, 0.1) is 0 Å². The summed E-state index contributed by atoms with van der Waals surface area (Å²) in [6.45, 7) is 0. The van der Waals surface area contributed by atoms with E-state index >= 15 is 0 Å². The Balaban J connectivity index is 0.928. The molecule has 14 rings (SSSR count). The fourth-order valence-corrected chi connectivity index (χ4v) is 10.5. The van der Waals surface area contributed by atoms with E-state index < -0.39 is 0 Å². The lowest BCUT2D eigenvalue weighted by atomic mass is 9.99. The van der Waals surface area contributed by atoms with Crippen LogP contribution in [0.4, 0.5) is 0 Å². The van der Waals surface area contributed by atoms with Crippen molar-refractivity contribution in [3.05, 3.63) is 224 Å². The van der Waals surface area contributed by atoms with Crippen LogP contribution >= 0.6 is 0 Å². The Labute approximate surface area is 367 Å². The Bertz CT molecular complexity index is 4180. The molecule has 4 nitrogen and oxygen atoms in total. The number of rotatable bonds is 5. The number of aromatic nitrogens is 3. The van der Waals surface area contributed by atoms with Gasteiger partial charge in [-0.25, -0.2) is 0 Å². The highest BCUT2D eigenvalue weighted by Gasteiger charge is 2.19. The summed E-state index contributed by atoms with van der Waals surface area (Å²) in [6, 6.07) is 81.6. The molecule has 0 radical (unpaired) electrons. The van der Waals surface area contributed by atoms with E-state index in [1.165, 1.54) is 82.1 Å². The van der Waals surface area contributed by atoms with Gasteiger partial charge in [0.1, 0.15) is 11.2 Å². The summed E-state index contributed by atoms with van der Waals surface area (Å²) in [5.74, 6) is 0. The number of furan rings is 1. The third-order valence-corrected chi connectivity index (χ3v) is 13.4. The molecule has 0 aliphatic rings. The second-order valence-electron chi connectivity index (χ2n) is 16.9. The average Bonchev–Trinajstić information content (AvgIpc) is 4.10. The molecule has 4 heteroatoms. The predicted molar refractivity (Wildman–Crippen MR) is 268 cm³/mol. The quantitative estimate of drug-likeness (QED) is 0.170. The zero-order valence-electron chi connectivity index (χ0n) is 34.6. The maximum Gasteiger partial charge on any atom is 0.135 e. The lowest BCUT2D eigenvalue weighted by Gasteiger charge is -2.11. The van der Waals surface area contributed by atoms with Crippen LogP contribution in [-0.2, 0) is 0 Å². The summed E-state index contributed by atoms with van der Waals surface area (Å²) in [6.07, 6.45) is 0. The van der Waals surface area contributed by atoms with Gasteiger partial charge in [0, 0.05) is 60.2 Å². The van der Waals surface area contributed by atoms with Crippen LogP contribution in [0.3, 0.4) is 0 Å². The molecule has 0 aliphatic heterocycles.